The highest BCUT2D eigenvalue weighted by atomic mass is 35.5. The van der Waals surface area contributed by atoms with Gasteiger partial charge in [0.25, 0.3) is 5.56 Å². The summed E-state index contributed by atoms with van der Waals surface area (Å²) < 4.78 is 1.39. The van der Waals surface area contributed by atoms with Crippen LogP contribution in [-0.4, -0.2) is 57.6 Å². The summed E-state index contributed by atoms with van der Waals surface area (Å²) in [5.74, 6) is 0.0863. The molecular weight excluding hydrogens is 380 g/mol. The molecule has 3 rings (SSSR count). The standard InChI is InChI=1S/C20H23ClN4O3/c1-15(26)23-11-13-24(14-12-23)19(27)3-2-10-25-20(28)9-8-18(22-25)16-4-6-17(21)7-5-16/h4-9H,2-3,10-14H2,1H3. The van der Waals surface area contributed by atoms with Crippen LogP contribution in [0.25, 0.3) is 11.3 Å². The van der Waals surface area contributed by atoms with E-state index in [0.717, 1.165) is 5.56 Å². The fraction of sp³-hybridized carbons (Fsp3) is 0.400. The number of nitrogens with zero attached hydrogens (tertiary/aromatic N) is 4. The molecule has 8 heteroatoms. The summed E-state index contributed by atoms with van der Waals surface area (Å²) in [6, 6.07) is 10.4. The first-order chi connectivity index (χ1) is 13.4. The molecule has 0 radical (unpaired) electrons. The monoisotopic (exact) mass is 402 g/mol. The van der Waals surface area contributed by atoms with E-state index < -0.39 is 0 Å². The zero-order valence-corrected chi connectivity index (χ0v) is 16.6. The highest BCUT2D eigenvalue weighted by Crippen LogP contribution is 2.18. The second-order valence-electron chi connectivity index (χ2n) is 6.78. The van der Waals surface area contributed by atoms with Crippen LogP contribution in [0, 0.1) is 0 Å². The van der Waals surface area contributed by atoms with E-state index in [4.69, 9.17) is 11.6 Å². The van der Waals surface area contributed by atoms with Crippen molar-refractivity contribution in [1.29, 1.82) is 0 Å². The molecule has 1 aliphatic rings. The summed E-state index contributed by atoms with van der Waals surface area (Å²) >= 11 is 5.91. The third-order valence-electron chi connectivity index (χ3n) is 4.84. The molecule has 0 N–H and O–H groups in total. The number of hydrogen-bond donors (Lipinski definition) is 0. The Labute approximate surface area is 168 Å². The van der Waals surface area contributed by atoms with Gasteiger partial charge in [0.05, 0.1) is 5.69 Å². The van der Waals surface area contributed by atoms with Crippen LogP contribution in [0.3, 0.4) is 0 Å². The number of carbonyl (C=O) groups is 2. The van der Waals surface area contributed by atoms with E-state index in [1.165, 1.54) is 10.7 Å². The van der Waals surface area contributed by atoms with Gasteiger partial charge in [-0.25, -0.2) is 4.68 Å². The molecule has 0 bridgehead atoms. The van der Waals surface area contributed by atoms with Crippen molar-refractivity contribution in [2.75, 3.05) is 26.2 Å². The van der Waals surface area contributed by atoms with Gasteiger partial charge >= 0.3 is 0 Å². The first-order valence-electron chi connectivity index (χ1n) is 9.31. The molecule has 2 heterocycles. The van der Waals surface area contributed by atoms with Gasteiger partial charge in [-0.1, -0.05) is 23.7 Å². The Kier molecular flexibility index (Phi) is 6.46. The molecular formula is C20H23ClN4O3. The normalized spacial score (nSPS) is 14.2. The zero-order chi connectivity index (χ0) is 20.1. The molecule has 1 aromatic heterocycles. The van der Waals surface area contributed by atoms with Crippen molar-refractivity contribution in [1.82, 2.24) is 19.6 Å². The summed E-state index contributed by atoms with van der Waals surface area (Å²) in [6.07, 6.45) is 0.877. The van der Waals surface area contributed by atoms with Crippen LogP contribution in [0.1, 0.15) is 19.8 Å². The lowest BCUT2D eigenvalue weighted by molar-refractivity contribution is -0.138. The van der Waals surface area contributed by atoms with E-state index in [1.807, 2.05) is 12.1 Å². The fourth-order valence-corrected chi connectivity index (χ4v) is 3.32. The predicted octanol–water partition coefficient (Wildman–Crippen LogP) is 2.03. The summed E-state index contributed by atoms with van der Waals surface area (Å²) in [4.78, 5) is 39.3. The molecule has 2 amide bonds. The summed E-state index contributed by atoms with van der Waals surface area (Å²) in [6.45, 7) is 4.18. The lowest BCUT2D eigenvalue weighted by atomic mass is 10.1. The summed E-state index contributed by atoms with van der Waals surface area (Å²) in [5, 5.41) is 5.04. The van der Waals surface area contributed by atoms with Gasteiger partial charge in [-0.2, -0.15) is 5.10 Å². The average molecular weight is 403 g/mol. The van der Waals surface area contributed by atoms with Crippen LogP contribution in [0.5, 0.6) is 0 Å². The first-order valence-corrected chi connectivity index (χ1v) is 9.69. The number of amides is 2. The first kappa shape index (κ1) is 20.1. The number of benzene rings is 1. The van der Waals surface area contributed by atoms with Crippen LogP contribution in [-0.2, 0) is 16.1 Å². The van der Waals surface area contributed by atoms with Crippen molar-refractivity contribution in [3.63, 3.8) is 0 Å². The molecule has 0 unspecified atom stereocenters. The van der Waals surface area contributed by atoms with Gasteiger partial charge in [-0.05, 0) is 24.6 Å². The van der Waals surface area contributed by atoms with Crippen LogP contribution < -0.4 is 5.56 Å². The number of hydrogen-bond acceptors (Lipinski definition) is 4. The highest BCUT2D eigenvalue weighted by molar-refractivity contribution is 6.30. The van der Waals surface area contributed by atoms with Crippen molar-refractivity contribution in [3.8, 4) is 11.3 Å². The number of aryl methyl sites for hydroxylation is 1. The lowest BCUT2D eigenvalue weighted by Crippen LogP contribution is -2.50. The molecule has 1 saturated heterocycles. The molecule has 2 aromatic rings. The molecule has 1 aliphatic heterocycles. The Morgan fingerprint density at radius 3 is 2.29 bits per heavy atom. The maximum absolute atomic E-state index is 12.4. The topological polar surface area (TPSA) is 75.5 Å². The van der Waals surface area contributed by atoms with Crippen LogP contribution >= 0.6 is 11.6 Å². The number of carbonyl (C=O) groups excluding carboxylic acids is 2. The molecule has 1 fully saturated rings. The van der Waals surface area contributed by atoms with Crippen molar-refractivity contribution in [2.24, 2.45) is 0 Å². The smallest absolute Gasteiger partial charge is 0.266 e. The average Bonchev–Trinajstić information content (AvgIpc) is 2.70. The van der Waals surface area contributed by atoms with E-state index in [0.29, 0.717) is 56.3 Å². The second-order valence-corrected chi connectivity index (χ2v) is 7.21. The van der Waals surface area contributed by atoms with Crippen molar-refractivity contribution < 1.29 is 9.59 Å². The third-order valence-corrected chi connectivity index (χ3v) is 5.10. The van der Waals surface area contributed by atoms with E-state index in [1.54, 1.807) is 34.9 Å². The van der Waals surface area contributed by atoms with Crippen molar-refractivity contribution in [2.45, 2.75) is 26.3 Å². The van der Waals surface area contributed by atoms with Gasteiger partial charge in [0.15, 0.2) is 0 Å². The largest absolute Gasteiger partial charge is 0.339 e. The minimum absolute atomic E-state index is 0.0399. The fourth-order valence-electron chi connectivity index (χ4n) is 3.19. The highest BCUT2D eigenvalue weighted by Gasteiger charge is 2.21. The SMILES string of the molecule is CC(=O)N1CCN(C(=O)CCCn2nc(-c3ccc(Cl)cc3)ccc2=O)CC1. The minimum atomic E-state index is -0.194. The maximum Gasteiger partial charge on any atom is 0.266 e. The van der Waals surface area contributed by atoms with Crippen LogP contribution in [0.4, 0.5) is 0 Å². The lowest BCUT2D eigenvalue weighted by Gasteiger charge is -2.34. The molecule has 0 atom stereocenters. The molecule has 148 valence electrons. The Hall–Kier alpha value is -2.67. The van der Waals surface area contributed by atoms with Gasteiger partial charge in [0, 0.05) is 62.7 Å². The predicted molar refractivity (Wildman–Crippen MR) is 107 cm³/mol. The zero-order valence-electron chi connectivity index (χ0n) is 15.8. The van der Waals surface area contributed by atoms with E-state index in [9.17, 15) is 14.4 Å². The Balaban J connectivity index is 1.55. The Morgan fingerprint density at radius 1 is 1.00 bits per heavy atom. The minimum Gasteiger partial charge on any atom is -0.339 e. The number of piperazine rings is 1. The number of rotatable bonds is 5. The number of aromatic nitrogens is 2. The third kappa shape index (κ3) is 4.98. The summed E-state index contributed by atoms with van der Waals surface area (Å²) in [7, 11) is 0. The Morgan fingerprint density at radius 2 is 1.64 bits per heavy atom. The molecule has 0 spiro atoms. The van der Waals surface area contributed by atoms with Crippen LogP contribution in [0.2, 0.25) is 5.02 Å². The van der Waals surface area contributed by atoms with E-state index in [2.05, 4.69) is 5.10 Å². The molecule has 28 heavy (non-hydrogen) atoms. The molecule has 1 aromatic carbocycles. The van der Waals surface area contributed by atoms with Gasteiger partial charge < -0.3 is 9.80 Å². The maximum atomic E-state index is 12.4. The second kappa shape index (κ2) is 9.01. The number of halogens is 1. The Bertz CT molecular complexity index is 902. The van der Waals surface area contributed by atoms with Gasteiger partial charge in [0.2, 0.25) is 11.8 Å². The van der Waals surface area contributed by atoms with Gasteiger partial charge in [-0.3, -0.25) is 14.4 Å². The van der Waals surface area contributed by atoms with Crippen LogP contribution in [0.15, 0.2) is 41.2 Å². The van der Waals surface area contributed by atoms with E-state index in [-0.39, 0.29) is 17.4 Å². The quantitative estimate of drug-likeness (QED) is 0.766. The van der Waals surface area contributed by atoms with Crippen molar-refractivity contribution >= 4 is 23.4 Å². The summed E-state index contributed by atoms with van der Waals surface area (Å²) in [5.41, 5.74) is 1.36. The van der Waals surface area contributed by atoms with Gasteiger partial charge in [0.1, 0.15) is 0 Å². The molecule has 0 aliphatic carbocycles. The van der Waals surface area contributed by atoms with E-state index >= 15 is 0 Å². The molecule has 7 nitrogen and oxygen atoms in total. The van der Waals surface area contributed by atoms with Crippen molar-refractivity contribution in [3.05, 3.63) is 51.8 Å². The molecule has 0 saturated carbocycles. The van der Waals surface area contributed by atoms with Gasteiger partial charge in [-0.15, -0.1) is 0 Å².